The van der Waals surface area contributed by atoms with Crippen molar-refractivity contribution >= 4 is 0 Å². The molecular weight excluding hydrogens is 398 g/mol. The molecule has 168 valence electrons. The second-order valence-electron chi connectivity index (χ2n) is 8.58. The third kappa shape index (κ3) is 6.12. The Labute approximate surface area is 191 Å². The van der Waals surface area contributed by atoms with Gasteiger partial charge in [0.25, 0.3) is 0 Å². The zero-order valence-electron chi connectivity index (χ0n) is 18.8. The van der Waals surface area contributed by atoms with Crippen LogP contribution in [0.15, 0.2) is 78.9 Å². The molecule has 32 heavy (non-hydrogen) atoms. The van der Waals surface area contributed by atoms with Crippen molar-refractivity contribution < 1.29 is 14.6 Å². The van der Waals surface area contributed by atoms with E-state index in [1.807, 2.05) is 36.4 Å². The van der Waals surface area contributed by atoms with Gasteiger partial charge in [0.1, 0.15) is 24.2 Å². The first-order valence-electron chi connectivity index (χ1n) is 11.5. The molecule has 4 heteroatoms. The maximum Gasteiger partial charge on any atom is 0.119 e. The molecular formula is C28H33NO3. The van der Waals surface area contributed by atoms with Crippen LogP contribution in [0.4, 0.5) is 0 Å². The minimum absolute atomic E-state index is 0.288. The Morgan fingerprint density at radius 1 is 0.938 bits per heavy atom. The molecule has 0 aromatic heterocycles. The van der Waals surface area contributed by atoms with Gasteiger partial charge < -0.3 is 14.6 Å². The van der Waals surface area contributed by atoms with E-state index in [2.05, 4.69) is 47.4 Å². The molecule has 0 saturated carbocycles. The lowest BCUT2D eigenvalue weighted by atomic mass is 10.00. The van der Waals surface area contributed by atoms with Crippen molar-refractivity contribution in [3.05, 3.63) is 95.6 Å². The molecule has 1 N–H and O–H groups in total. The predicted molar refractivity (Wildman–Crippen MR) is 128 cm³/mol. The third-order valence-corrected chi connectivity index (χ3v) is 6.23. The summed E-state index contributed by atoms with van der Waals surface area (Å²) in [7, 11) is 1.72. The van der Waals surface area contributed by atoms with Gasteiger partial charge in [0, 0.05) is 19.1 Å². The molecule has 1 aliphatic carbocycles. The molecule has 4 nitrogen and oxygen atoms in total. The molecule has 2 atom stereocenters. The van der Waals surface area contributed by atoms with Crippen LogP contribution < -0.4 is 9.47 Å². The summed E-state index contributed by atoms with van der Waals surface area (Å²) < 4.78 is 11.3. The van der Waals surface area contributed by atoms with E-state index in [4.69, 9.17) is 9.47 Å². The molecule has 0 saturated heterocycles. The van der Waals surface area contributed by atoms with Crippen LogP contribution >= 0.6 is 0 Å². The highest BCUT2D eigenvalue weighted by Gasteiger charge is 2.25. The fourth-order valence-corrected chi connectivity index (χ4v) is 4.55. The lowest BCUT2D eigenvalue weighted by molar-refractivity contribution is 0.0463. The number of rotatable bonds is 9. The van der Waals surface area contributed by atoms with Crippen molar-refractivity contribution in [2.75, 3.05) is 20.3 Å². The minimum Gasteiger partial charge on any atom is -0.497 e. The van der Waals surface area contributed by atoms with Crippen molar-refractivity contribution in [3.63, 3.8) is 0 Å². The number of hydrogen-bond acceptors (Lipinski definition) is 4. The Hall–Kier alpha value is -2.82. The summed E-state index contributed by atoms with van der Waals surface area (Å²) in [6.07, 6.45) is 3.74. The largest absolute Gasteiger partial charge is 0.497 e. The van der Waals surface area contributed by atoms with Crippen LogP contribution in [-0.4, -0.2) is 42.4 Å². The molecule has 3 aromatic carbocycles. The van der Waals surface area contributed by atoms with Gasteiger partial charge in [-0.05, 0) is 66.6 Å². The van der Waals surface area contributed by atoms with Crippen molar-refractivity contribution in [3.8, 4) is 11.5 Å². The van der Waals surface area contributed by atoms with E-state index >= 15 is 0 Å². The lowest BCUT2D eigenvalue weighted by Gasteiger charge is -2.33. The number of aliphatic hydroxyl groups excluding tert-OH is 1. The first-order chi connectivity index (χ1) is 15.7. The van der Waals surface area contributed by atoms with Crippen LogP contribution in [0, 0.1) is 0 Å². The van der Waals surface area contributed by atoms with Crippen LogP contribution in [-0.2, 0) is 19.4 Å². The Morgan fingerprint density at radius 3 is 2.44 bits per heavy atom. The van der Waals surface area contributed by atoms with Crippen LogP contribution in [0.5, 0.6) is 11.5 Å². The van der Waals surface area contributed by atoms with Gasteiger partial charge in [-0.2, -0.15) is 0 Å². The highest BCUT2D eigenvalue weighted by atomic mass is 16.5. The Kier molecular flexibility index (Phi) is 7.81. The second-order valence-corrected chi connectivity index (χ2v) is 8.58. The second kappa shape index (κ2) is 11.2. The molecule has 0 aliphatic heterocycles. The Balaban J connectivity index is 1.47. The molecule has 0 bridgehead atoms. The smallest absolute Gasteiger partial charge is 0.119 e. The number of ether oxygens (including phenoxy) is 2. The van der Waals surface area contributed by atoms with Gasteiger partial charge >= 0.3 is 0 Å². The van der Waals surface area contributed by atoms with Gasteiger partial charge in [0.05, 0.1) is 7.11 Å². The van der Waals surface area contributed by atoms with Gasteiger partial charge in [-0.3, -0.25) is 4.90 Å². The molecule has 3 aromatic rings. The predicted octanol–water partition coefficient (Wildman–Crippen LogP) is 4.88. The lowest BCUT2D eigenvalue weighted by Crippen LogP contribution is -2.42. The first kappa shape index (κ1) is 22.4. The van der Waals surface area contributed by atoms with E-state index in [1.165, 1.54) is 16.7 Å². The van der Waals surface area contributed by atoms with E-state index < -0.39 is 6.10 Å². The standard InChI is InChI=1S/C28H33NO3/c1-31-28-16-15-24-17-25(12-8-11-23(24)18-28)29(19-22-9-4-2-5-10-22)20-26(30)21-32-27-13-6-3-7-14-27/h2-7,9-10,13-16,18,25-26,30H,8,11-12,17,19-21H2,1H3. The summed E-state index contributed by atoms with van der Waals surface area (Å²) >= 11 is 0. The number of benzene rings is 3. The summed E-state index contributed by atoms with van der Waals surface area (Å²) in [5, 5.41) is 10.8. The summed E-state index contributed by atoms with van der Waals surface area (Å²) in [4.78, 5) is 2.44. The number of hydrogen-bond donors (Lipinski definition) is 1. The van der Waals surface area contributed by atoms with E-state index in [0.29, 0.717) is 12.6 Å². The number of nitrogens with zero attached hydrogens (tertiary/aromatic N) is 1. The fourth-order valence-electron chi connectivity index (χ4n) is 4.55. The van der Waals surface area contributed by atoms with Gasteiger partial charge in [0.2, 0.25) is 0 Å². The molecule has 0 amide bonds. The SMILES string of the molecule is COc1ccc2c(c1)CCCC(N(Cc1ccccc1)CC(O)COc1ccccc1)C2. The monoisotopic (exact) mass is 431 g/mol. The van der Waals surface area contributed by atoms with Crippen LogP contribution in [0.2, 0.25) is 0 Å². The highest BCUT2D eigenvalue weighted by Crippen LogP contribution is 2.28. The van der Waals surface area contributed by atoms with Gasteiger partial charge in [-0.15, -0.1) is 0 Å². The fraction of sp³-hybridized carbons (Fsp3) is 0.357. The molecule has 1 aliphatic rings. The van der Waals surface area contributed by atoms with Crippen LogP contribution in [0.3, 0.4) is 0 Å². The number of fused-ring (bicyclic) bond motifs is 1. The van der Waals surface area contributed by atoms with E-state index in [1.54, 1.807) is 7.11 Å². The molecule has 4 rings (SSSR count). The van der Waals surface area contributed by atoms with Crippen molar-refractivity contribution in [2.24, 2.45) is 0 Å². The van der Waals surface area contributed by atoms with Crippen LogP contribution in [0.25, 0.3) is 0 Å². The summed E-state index contributed by atoms with van der Waals surface area (Å²) in [6.45, 7) is 1.69. The topological polar surface area (TPSA) is 41.9 Å². The normalized spacial score (nSPS) is 16.8. The number of para-hydroxylation sites is 1. The van der Waals surface area contributed by atoms with Gasteiger partial charge in [-0.1, -0.05) is 54.6 Å². The molecule has 0 radical (unpaired) electrons. The average Bonchev–Trinajstić information content (AvgIpc) is 3.05. The molecule has 2 unspecified atom stereocenters. The Morgan fingerprint density at radius 2 is 1.69 bits per heavy atom. The Bertz CT molecular complexity index is 961. The summed E-state index contributed by atoms with van der Waals surface area (Å²) in [5.41, 5.74) is 4.05. The maximum absolute atomic E-state index is 10.8. The molecule has 0 spiro atoms. The third-order valence-electron chi connectivity index (χ3n) is 6.23. The quantitative estimate of drug-likeness (QED) is 0.490. The van der Waals surface area contributed by atoms with Crippen molar-refractivity contribution in [2.45, 2.75) is 44.4 Å². The van der Waals surface area contributed by atoms with Gasteiger partial charge in [0.15, 0.2) is 0 Å². The summed E-state index contributed by atoms with van der Waals surface area (Å²) in [5.74, 6) is 1.72. The highest BCUT2D eigenvalue weighted by molar-refractivity contribution is 5.37. The van der Waals surface area contributed by atoms with E-state index in [9.17, 15) is 5.11 Å². The molecule has 0 heterocycles. The number of aryl methyl sites for hydroxylation is 1. The number of methoxy groups -OCH3 is 1. The molecule has 0 fully saturated rings. The average molecular weight is 432 g/mol. The summed E-state index contributed by atoms with van der Waals surface area (Å²) in [6, 6.07) is 27.1. The zero-order chi connectivity index (χ0) is 22.2. The van der Waals surface area contributed by atoms with Crippen molar-refractivity contribution in [1.29, 1.82) is 0 Å². The number of aliphatic hydroxyl groups is 1. The van der Waals surface area contributed by atoms with E-state index in [0.717, 1.165) is 43.7 Å². The zero-order valence-corrected chi connectivity index (χ0v) is 18.8. The van der Waals surface area contributed by atoms with Gasteiger partial charge in [-0.25, -0.2) is 0 Å². The van der Waals surface area contributed by atoms with Crippen LogP contribution in [0.1, 0.15) is 29.5 Å². The minimum atomic E-state index is -0.558. The van der Waals surface area contributed by atoms with Crippen molar-refractivity contribution in [1.82, 2.24) is 4.90 Å². The first-order valence-corrected chi connectivity index (χ1v) is 11.5. The van der Waals surface area contributed by atoms with E-state index in [-0.39, 0.29) is 6.61 Å². The maximum atomic E-state index is 10.8.